The number of furan rings is 1. The largest absolute Gasteiger partial charge is 0.455 e. The molecule has 290 valence electrons. The van der Waals surface area contributed by atoms with Gasteiger partial charge in [0.25, 0.3) is 0 Å². The van der Waals surface area contributed by atoms with Crippen LogP contribution in [0.4, 0.5) is 0 Å². The number of hydrogen-bond donors (Lipinski definition) is 0. The van der Waals surface area contributed by atoms with Crippen LogP contribution in [0.2, 0.25) is 0 Å². The molecule has 0 amide bonds. The Balaban J connectivity index is 1.18. The smallest absolute Gasteiger partial charge is 0.167 e. The van der Waals surface area contributed by atoms with Crippen LogP contribution >= 0.6 is 0 Å². The number of rotatable bonds is 7. The Morgan fingerprint density at radius 1 is 0.355 bits per heavy atom. The highest BCUT2D eigenvalue weighted by Gasteiger charge is 2.24. The molecule has 12 rings (SSSR count). The van der Waals surface area contributed by atoms with Crippen LogP contribution in [0.1, 0.15) is 0 Å². The van der Waals surface area contributed by atoms with Crippen LogP contribution in [-0.2, 0) is 0 Å². The van der Waals surface area contributed by atoms with Crippen molar-refractivity contribution < 1.29 is 4.42 Å². The lowest BCUT2D eigenvalue weighted by atomic mass is 9.91. The summed E-state index contributed by atoms with van der Waals surface area (Å²) in [6, 6.07) is 71.2. The number of nitrogens with zero attached hydrogens (tertiary/aromatic N) is 5. The Kier molecular flexibility index (Phi) is 8.38. The Labute approximate surface area is 357 Å². The predicted molar refractivity (Wildman–Crippen MR) is 252 cm³/mol. The Morgan fingerprint density at radius 3 is 1.61 bits per heavy atom. The quantitative estimate of drug-likeness (QED) is 0.161. The Morgan fingerprint density at radius 2 is 0.919 bits per heavy atom. The monoisotopic (exact) mass is 793 g/mol. The van der Waals surface area contributed by atoms with Gasteiger partial charge in [-0.2, -0.15) is 0 Å². The third kappa shape index (κ3) is 5.96. The fraction of sp³-hybridized carbons (Fsp3) is 0. The Hall–Kier alpha value is -8.48. The lowest BCUT2D eigenvalue weighted by Gasteiger charge is -2.17. The number of fused-ring (bicyclic) bond motifs is 7. The number of pyridine rings is 1. The lowest BCUT2D eigenvalue weighted by Crippen LogP contribution is -2.06. The van der Waals surface area contributed by atoms with E-state index in [0.29, 0.717) is 23.3 Å². The summed E-state index contributed by atoms with van der Waals surface area (Å²) in [6.07, 6.45) is 1.99. The standard InChI is InChI=1S/C56H35N5O/c1-5-17-36(18-6-1)40-29-30-42(37-19-7-2-8-20-37)46(33-40)41-34-47(55-59-53(38-21-9-3-10-22-38)58-54(60-55)39-23-11-4-12-24-39)56(57-35-41)61-48-27-15-13-26-45(48)51-49(61)32-31-44-43-25-14-16-28-50(43)62-52(44)51/h1-35H. The van der Waals surface area contributed by atoms with Gasteiger partial charge in [-0.25, -0.2) is 19.9 Å². The molecule has 4 aromatic heterocycles. The zero-order chi connectivity index (χ0) is 41.0. The molecular weight excluding hydrogens is 759 g/mol. The first-order valence-electron chi connectivity index (χ1n) is 20.7. The van der Waals surface area contributed by atoms with Gasteiger partial charge in [0, 0.05) is 39.0 Å². The summed E-state index contributed by atoms with van der Waals surface area (Å²) in [5, 5.41) is 4.25. The molecule has 0 fully saturated rings. The van der Waals surface area contributed by atoms with Crippen molar-refractivity contribution in [1.29, 1.82) is 0 Å². The zero-order valence-electron chi connectivity index (χ0n) is 33.4. The van der Waals surface area contributed by atoms with E-state index in [1.165, 1.54) is 0 Å². The first kappa shape index (κ1) is 35.5. The second-order valence-electron chi connectivity index (χ2n) is 15.4. The summed E-state index contributed by atoms with van der Waals surface area (Å²) < 4.78 is 8.92. The van der Waals surface area contributed by atoms with E-state index >= 15 is 0 Å². The van der Waals surface area contributed by atoms with Crippen LogP contribution in [0, 0.1) is 0 Å². The fourth-order valence-corrected chi connectivity index (χ4v) is 8.80. The summed E-state index contributed by atoms with van der Waals surface area (Å²) in [4.78, 5) is 21.1. The van der Waals surface area contributed by atoms with E-state index in [-0.39, 0.29) is 0 Å². The average molecular weight is 794 g/mol. The number of benzene rings is 8. The summed E-state index contributed by atoms with van der Waals surface area (Å²) >= 11 is 0. The highest BCUT2D eigenvalue weighted by atomic mass is 16.3. The molecule has 0 atom stereocenters. The Bertz CT molecular complexity index is 3560. The van der Waals surface area contributed by atoms with Crippen LogP contribution in [0.3, 0.4) is 0 Å². The van der Waals surface area contributed by atoms with Gasteiger partial charge in [0.15, 0.2) is 17.5 Å². The van der Waals surface area contributed by atoms with Crippen LogP contribution in [0.15, 0.2) is 217 Å². The molecule has 12 aromatic rings. The first-order chi connectivity index (χ1) is 30.7. The second-order valence-corrected chi connectivity index (χ2v) is 15.4. The van der Waals surface area contributed by atoms with E-state index in [4.69, 9.17) is 24.4 Å². The number of para-hydroxylation sites is 2. The molecule has 6 heteroatoms. The molecule has 0 N–H and O–H groups in total. The highest BCUT2D eigenvalue weighted by Crippen LogP contribution is 2.43. The van der Waals surface area contributed by atoms with E-state index < -0.39 is 0 Å². The topological polar surface area (TPSA) is 69.6 Å². The molecule has 0 spiro atoms. The van der Waals surface area contributed by atoms with E-state index in [1.807, 2.05) is 85.1 Å². The van der Waals surface area contributed by atoms with Gasteiger partial charge in [0.05, 0.1) is 22.0 Å². The van der Waals surface area contributed by atoms with Crippen molar-refractivity contribution in [3.8, 4) is 73.4 Å². The highest BCUT2D eigenvalue weighted by molar-refractivity contribution is 6.24. The van der Waals surface area contributed by atoms with Crippen LogP contribution in [0.5, 0.6) is 0 Å². The summed E-state index contributed by atoms with van der Waals surface area (Å²) in [6.45, 7) is 0. The van der Waals surface area contributed by atoms with E-state index in [0.717, 1.165) is 93.8 Å². The van der Waals surface area contributed by atoms with Gasteiger partial charge in [0.2, 0.25) is 0 Å². The van der Waals surface area contributed by atoms with Gasteiger partial charge in [-0.3, -0.25) is 4.57 Å². The molecule has 0 aliphatic carbocycles. The molecule has 0 saturated heterocycles. The molecule has 0 aliphatic heterocycles. The normalized spacial score (nSPS) is 11.5. The second kappa shape index (κ2) is 14.7. The first-order valence-corrected chi connectivity index (χ1v) is 20.7. The minimum Gasteiger partial charge on any atom is -0.455 e. The van der Waals surface area contributed by atoms with Crippen molar-refractivity contribution in [3.63, 3.8) is 0 Å². The maximum atomic E-state index is 6.68. The minimum absolute atomic E-state index is 0.512. The molecule has 8 aromatic carbocycles. The van der Waals surface area contributed by atoms with Crippen LogP contribution in [-0.4, -0.2) is 24.5 Å². The van der Waals surface area contributed by atoms with Crippen molar-refractivity contribution in [2.45, 2.75) is 0 Å². The van der Waals surface area contributed by atoms with Gasteiger partial charge < -0.3 is 4.42 Å². The molecule has 0 radical (unpaired) electrons. The molecule has 0 unspecified atom stereocenters. The van der Waals surface area contributed by atoms with Crippen LogP contribution in [0.25, 0.3) is 117 Å². The van der Waals surface area contributed by atoms with Crippen molar-refractivity contribution in [1.82, 2.24) is 24.5 Å². The van der Waals surface area contributed by atoms with Crippen molar-refractivity contribution in [2.24, 2.45) is 0 Å². The summed E-state index contributed by atoms with van der Waals surface area (Å²) in [7, 11) is 0. The fourth-order valence-electron chi connectivity index (χ4n) is 8.80. The van der Waals surface area contributed by atoms with Crippen molar-refractivity contribution in [3.05, 3.63) is 212 Å². The van der Waals surface area contributed by atoms with Gasteiger partial charge >= 0.3 is 0 Å². The molecule has 62 heavy (non-hydrogen) atoms. The summed E-state index contributed by atoms with van der Waals surface area (Å²) in [5.74, 6) is 2.36. The minimum atomic E-state index is 0.512. The molecule has 0 aliphatic rings. The molecule has 6 nitrogen and oxygen atoms in total. The maximum Gasteiger partial charge on any atom is 0.167 e. The predicted octanol–water partition coefficient (Wildman–Crippen LogP) is 14.3. The third-order valence-electron chi connectivity index (χ3n) is 11.7. The molecular formula is C56H35N5O. The average Bonchev–Trinajstić information content (AvgIpc) is 3.90. The lowest BCUT2D eigenvalue weighted by molar-refractivity contribution is 0.673. The summed E-state index contributed by atoms with van der Waals surface area (Å²) in [5.41, 5.74) is 12.7. The van der Waals surface area contributed by atoms with Crippen molar-refractivity contribution >= 4 is 43.7 Å². The van der Waals surface area contributed by atoms with E-state index in [2.05, 4.69) is 132 Å². The van der Waals surface area contributed by atoms with E-state index in [9.17, 15) is 0 Å². The SMILES string of the molecule is c1ccc(-c2ccc(-c3ccccc3)c(-c3cnc(-n4c5ccccc5c5c6oc7ccccc7c6ccc54)c(-c4nc(-c5ccccc5)nc(-c5ccccc5)n4)c3)c2)cc1. The zero-order valence-corrected chi connectivity index (χ0v) is 33.4. The van der Waals surface area contributed by atoms with Gasteiger partial charge in [-0.05, 0) is 64.2 Å². The number of hydrogen-bond acceptors (Lipinski definition) is 5. The third-order valence-corrected chi connectivity index (χ3v) is 11.7. The molecule has 4 heterocycles. The maximum absolute atomic E-state index is 6.68. The van der Waals surface area contributed by atoms with Crippen LogP contribution < -0.4 is 0 Å². The van der Waals surface area contributed by atoms with Gasteiger partial charge in [-0.15, -0.1) is 0 Å². The molecule has 0 saturated carbocycles. The van der Waals surface area contributed by atoms with Gasteiger partial charge in [0.1, 0.15) is 17.0 Å². The molecule has 0 bridgehead atoms. The van der Waals surface area contributed by atoms with Gasteiger partial charge in [-0.1, -0.05) is 170 Å². The number of aromatic nitrogens is 5. The van der Waals surface area contributed by atoms with Crippen molar-refractivity contribution in [2.75, 3.05) is 0 Å². The van der Waals surface area contributed by atoms with E-state index in [1.54, 1.807) is 0 Å².